The van der Waals surface area contributed by atoms with Gasteiger partial charge in [0.05, 0.1) is 17.2 Å². The second-order valence-corrected chi connectivity index (χ2v) is 8.50. The van der Waals surface area contributed by atoms with Crippen molar-refractivity contribution in [2.45, 2.75) is 18.7 Å². The number of anilines is 1. The lowest BCUT2D eigenvalue weighted by Crippen LogP contribution is -2.14. The minimum atomic E-state index is -3.84. The molecule has 3 rings (SSSR count). The van der Waals surface area contributed by atoms with Gasteiger partial charge in [0.2, 0.25) is 0 Å². The van der Waals surface area contributed by atoms with Crippen LogP contribution in [-0.2, 0) is 19.5 Å². The number of furan rings is 1. The maximum atomic E-state index is 12.7. The number of fused-ring (bicyclic) bond motifs is 1. The van der Waals surface area contributed by atoms with Crippen molar-refractivity contribution >= 4 is 44.3 Å². The SMILES string of the molecule is COCCOC(=O)c1c(C)oc2cc(C)c(NS(=O)(=O)c3ccc(Cl)cc3)cc12. The van der Waals surface area contributed by atoms with E-state index >= 15 is 0 Å². The molecule has 29 heavy (non-hydrogen) atoms. The third kappa shape index (κ3) is 4.55. The molecule has 0 saturated carbocycles. The van der Waals surface area contributed by atoms with E-state index in [0.29, 0.717) is 33.0 Å². The summed E-state index contributed by atoms with van der Waals surface area (Å²) in [6.45, 7) is 3.77. The molecule has 0 unspecified atom stereocenters. The van der Waals surface area contributed by atoms with Gasteiger partial charge in [-0.05, 0) is 55.8 Å². The molecule has 3 aromatic rings. The van der Waals surface area contributed by atoms with Gasteiger partial charge in [-0.3, -0.25) is 4.72 Å². The molecule has 0 fully saturated rings. The smallest absolute Gasteiger partial charge is 0.342 e. The Morgan fingerprint density at radius 2 is 1.83 bits per heavy atom. The van der Waals surface area contributed by atoms with Crippen LogP contribution in [0.4, 0.5) is 5.69 Å². The first kappa shape index (κ1) is 21.2. The number of nitrogens with one attached hydrogen (secondary N) is 1. The molecule has 1 N–H and O–H groups in total. The van der Waals surface area contributed by atoms with Gasteiger partial charge in [-0.15, -0.1) is 0 Å². The fourth-order valence-electron chi connectivity index (χ4n) is 2.84. The maximum absolute atomic E-state index is 12.7. The summed E-state index contributed by atoms with van der Waals surface area (Å²) in [6.07, 6.45) is 0. The molecule has 9 heteroatoms. The number of methoxy groups -OCH3 is 1. The first-order valence-corrected chi connectivity index (χ1v) is 10.6. The molecule has 0 aliphatic heterocycles. The second-order valence-electron chi connectivity index (χ2n) is 6.38. The van der Waals surface area contributed by atoms with Crippen LogP contribution in [0.3, 0.4) is 0 Å². The van der Waals surface area contributed by atoms with Gasteiger partial charge in [-0.1, -0.05) is 11.6 Å². The topological polar surface area (TPSA) is 94.8 Å². The molecule has 0 atom stereocenters. The summed E-state index contributed by atoms with van der Waals surface area (Å²) in [4.78, 5) is 12.5. The molecule has 1 heterocycles. The number of rotatable bonds is 7. The van der Waals surface area contributed by atoms with E-state index < -0.39 is 16.0 Å². The van der Waals surface area contributed by atoms with Crippen molar-refractivity contribution in [3.63, 3.8) is 0 Å². The van der Waals surface area contributed by atoms with Crippen LogP contribution in [0.2, 0.25) is 5.02 Å². The fraction of sp³-hybridized carbons (Fsp3) is 0.250. The Balaban J connectivity index is 1.98. The molecule has 0 amide bonds. The third-order valence-corrected chi connectivity index (χ3v) is 5.94. The average Bonchev–Trinajstić information content (AvgIpc) is 2.97. The van der Waals surface area contributed by atoms with E-state index in [1.54, 1.807) is 26.0 Å². The number of benzene rings is 2. The summed E-state index contributed by atoms with van der Waals surface area (Å²) in [5.74, 6) is -0.173. The van der Waals surface area contributed by atoms with E-state index in [2.05, 4.69) is 4.72 Å². The van der Waals surface area contributed by atoms with Crippen LogP contribution in [0.15, 0.2) is 45.7 Å². The number of carbonyl (C=O) groups excluding carboxylic acids is 1. The highest BCUT2D eigenvalue weighted by Gasteiger charge is 2.22. The summed E-state index contributed by atoms with van der Waals surface area (Å²) in [6, 6.07) is 9.08. The highest BCUT2D eigenvalue weighted by Crippen LogP contribution is 2.32. The summed E-state index contributed by atoms with van der Waals surface area (Å²) < 4.78 is 43.7. The number of ether oxygens (including phenoxy) is 2. The monoisotopic (exact) mass is 437 g/mol. The minimum Gasteiger partial charge on any atom is -0.460 e. The normalized spacial score (nSPS) is 11.6. The van der Waals surface area contributed by atoms with Crippen molar-refractivity contribution in [2.75, 3.05) is 25.0 Å². The lowest BCUT2D eigenvalue weighted by Gasteiger charge is -2.11. The Kier molecular flexibility index (Phi) is 6.16. The van der Waals surface area contributed by atoms with Crippen molar-refractivity contribution in [3.8, 4) is 0 Å². The van der Waals surface area contributed by atoms with Gasteiger partial charge in [0, 0.05) is 17.5 Å². The van der Waals surface area contributed by atoms with E-state index in [1.165, 1.54) is 31.4 Å². The Labute approximate surface area is 173 Å². The Morgan fingerprint density at radius 3 is 2.48 bits per heavy atom. The van der Waals surface area contributed by atoms with Crippen LogP contribution in [0.25, 0.3) is 11.0 Å². The second kappa shape index (κ2) is 8.44. The standard InChI is InChI=1S/C20H20ClNO6S/c1-12-10-18-16(19(13(2)28-18)20(23)27-9-8-26-3)11-17(12)22-29(24,25)15-6-4-14(21)5-7-15/h4-7,10-11,22H,8-9H2,1-3H3. The molecule has 7 nitrogen and oxygen atoms in total. The molecule has 0 saturated heterocycles. The van der Waals surface area contributed by atoms with Gasteiger partial charge >= 0.3 is 5.97 Å². The molecular weight excluding hydrogens is 418 g/mol. The third-order valence-electron chi connectivity index (χ3n) is 4.30. The summed E-state index contributed by atoms with van der Waals surface area (Å²) in [5, 5.41) is 0.899. The summed E-state index contributed by atoms with van der Waals surface area (Å²) in [5.41, 5.74) is 1.69. The highest BCUT2D eigenvalue weighted by molar-refractivity contribution is 7.92. The fourth-order valence-corrected chi connectivity index (χ4v) is 4.09. The molecule has 154 valence electrons. The van der Waals surface area contributed by atoms with E-state index in [9.17, 15) is 13.2 Å². The maximum Gasteiger partial charge on any atom is 0.342 e. The molecule has 0 aliphatic carbocycles. The van der Waals surface area contributed by atoms with Crippen LogP contribution in [0.5, 0.6) is 0 Å². The van der Waals surface area contributed by atoms with Crippen molar-refractivity contribution < 1.29 is 27.1 Å². The largest absolute Gasteiger partial charge is 0.460 e. The highest BCUT2D eigenvalue weighted by atomic mass is 35.5. The average molecular weight is 438 g/mol. The van der Waals surface area contributed by atoms with Gasteiger partial charge in [-0.25, -0.2) is 13.2 Å². The Morgan fingerprint density at radius 1 is 1.14 bits per heavy atom. The molecular formula is C20H20ClNO6S. The first-order chi connectivity index (χ1) is 13.7. The lowest BCUT2D eigenvalue weighted by molar-refractivity contribution is 0.0388. The van der Waals surface area contributed by atoms with Crippen LogP contribution >= 0.6 is 11.6 Å². The summed E-state index contributed by atoms with van der Waals surface area (Å²) in [7, 11) is -2.33. The zero-order valence-corrected chi connectivity index (χ0v) is 17.7. The zero-order chi connectivity index (χ0) is 21.2. The zero-order valence-electron chi connectivity index (χ0n) is 16.1. The van der Waals surface area contributed by atoms with Gasteiger partial charge in [0.25, 0.3) is 10.0 Å². The number of hydrogen-bond donors (Lipinski definition) is 1. The van der Waals surface area contributed by atoms with Gasteiger partial charge in [0.15, 0.2) is 0 Å². The van der Waals surface area contributed by atoms with Crippen molar-refractivity contribution in [3.05, 3.63) is 58.3 Å². The van der Waals surface area contributed by atoms with E-state index in [4.69, 9.17) is 25.5 Å². The molecule has 1 aromatic heterocycles. The van der Waals surface area contributed by atoms with E-state index in [1.807, 2.05) is 0 Å². The van der Waals surface area contributed by atoms with E-state index in [0.717, 1.165) is 0 Å². The van der Waals surface area contributed by atoms with Crippen LogP contribution in [0, 0.1) is 13.8 Å². The number of carbonyl (C=O) groups is 1. The predicted molar refractivity (Wildman–Crippen MR) is 110 cm³/mol. The Hall–Kier alpha value is -2.55. The van der Waals surface area contributed by atoms with Crippen molar-refractivity contribution in [2.24, 2.45) is 0 Å². The van der Waals surface area contributed by atoms with Crippen molar-refractivity contribution in [1.82, 2.24) is 0 Å². The minimum absolute atomic E-state index is 0.0731. The molecule has 0 radical (unpaired) electrons. The number of aryl methyl sites for hydroxylation is 2. The van der Waals surface area contributed by atoms with Crippen LogP contribution in [-0.4, -0.2) is 34.7 Å². The summed E-state index contributed by atoms with van der Waals surface area (Å²) >= 11 is 5.83. The number of sulfonamides is 1. The lowest BCUT2D eigenvalue weighted by atomic mass is 10.1. The quantitative estimate of drug-likeness (QED) is 0.437. The molecule has 2 aromatic carbocycles. The Bertz CT molecular complexity index is 1150. The number of halogens is 1. The molecule has 0 aliphatic rings. The molecule has 0 bridgehead atoms. The number of hydrogen-bond acceptors (Lipinski definition) is 6. The predicted octanol–water partition coefficient (Wildman–Crippen LogP) is 4.31. The van der Waals surface area contributed by atoms with Crippen LogP contribution < -0.4 is 4.72 Å². The van der Waals surface area contributed by atoms with Gasteiger partial charge < -0.3 is 13.9 Å². The first-order valence-electron chi connectivity index (χ1n) is 8.71. The van der Waals surface area contributed by atoms with E-state index in [-0.39, 0.29) is 23.7 Å². The van der Waals surface area contributed by atoms with Gasteiger partial charge in [-0.2, -0.15) is 0 Å². The van der Waals surface area contributed by atoms with Crippen LogP contribution in [0.1, 0.15) is 21.7 Å². The van der Waals surface area contributed by atoms with Gasteiger partial charge in [0.1, 0.15) is 23.5 Å². The van der Waals surface area contributed by atoms with Crippen molar-refractivity contribution in [1.29, 1.82) is 0 Å². The number of esters is 1. The molecule has 0 spiro atoms.